The Morgan fingerprint density at radius 3 is 3.14 bits per heavy atom. The van der Waals surface area contributed by atoms with E-state index in [0.717, 1.165) is 22.4 Å². The van der Waals surface area contributed by atoms with E-state index in [0.29, 0.717) is 13.2 Å². The molecule has 0 unspecified atom stereocenters. The van der Waals surface area contributed by atoms with Crippen molar-refractivity contribution >= 4 is 11.0 Å². The number of aromatic nitrogens is 1. The number of aryl methyl sites for hydroxylation is 1. The Labute approximate surface area is 81.6 Å². The molecule has 2 N–H and O–H groups in total. The molecule has 4 nitrogen and oxygen atoms in total. The van der Waals surface area contributed by atoms with Crippen molar-refractivity contribution < 1.29 is 9.26 Å². The zero-order valence-corrected chi connectivity index (χ0v) is 7.99. The van der Waals surface area contributed by atoms with Crippen molar-refractivity contribution in [2.45, 2.75) is 6.92 Å². The maximum absolute atomic E-state index is 5.36. The molecule has 0 radical (unpaired) electrons. The number of ether oxygens (including phenoxy) is 1. The molecule has 0 amide bonds. The second kappa shape index (κ2) is 3.67. The third kappa shape index (κ3) is 1.56. The van der Waals surface area contributed by atoms with Gasteiger partial charge in [-0.05, 0) is 19.1 Å². The van der Waals surface area contributed by atoms with Crippen molar-refractivity contribution in [3.05, 3.63) is 23.9 Å². The lowest BCUT2D eigenvalue weighted by Gasteiger charge is -2.02. The van der Waals surface area contributed by atoms with Crippen molar-refractivity contribution in [3.63, 3.8) is 0 Å². The number of nitrogens with two attached hydrogens (primary N) is 1. The molecule has 0 fully saturated rings. The smallest absolute Gasteiger partial charge is 0.170 e. The van der Waals surface area contributed by atoms with Gasteiger partial charge in [-0.3, -0.25) is 0 Å². The van der Waals surface area contributed by atoms with E-state index in [4.69, 9.17) is 15.0 Å². The third-order valence-electron chi connectivity index (χ3n) is 2.01. The van der Waals surface area contributed by atoms with Crippen LogP contribution in [0.1, 0.15) is 5.69 Å². The number of hydrogen-bond donors (Lipinski definition) is 1. The van der Waals surface area contributed by atoms with Crippen LogP contribution in [0.4, 0.5) is 0 Å². The lowest BCUT2D eigenvalue weighted by Crippen LogP contribution is -2.10. The average Bonchev–Trinajstić information content (AvgIpc) is 2.57. The highest BCUT2D eigenvalue weighted by atomic mass is 16.5. The van der Waals surface area contributed by atoms with Crippen LogP contribution in [-0.2, 0) is 0 Å². The van der Waals surface area contributed by atoms with E-state index in [-0.39, 0.29) is 0 Å². The normalized spacial score (nSPS) is 10.7. The standard InChI is InChI=1S/C10H12N2O2/c1-7-9-3-2-8(13-5-4-11)6-10(9)14-12-7/h2-3,6H,4-5,11H2,1H3. The van der Waals surface area contributed by atoms with Gasteiger partial charge in [-0.25, -0.2) is 0 Å². The third-order valence-corrected chi connectivity index (χ3v) is 2.01. The van der Waals surface area contributed by atoms with Crippen LogP contribution in [0.5, 0.6) is 5.75 Å². The highest BCUT2D eigenvalue weighted by Crippen LogP contribution is 2.22. The second-order valence-electron chi connectivity index (χ2n) is 3.06. The lowest BCUT2D eigenvalue weighted by atomic mass is 10.2. The molecular weight excluding hydrogens is 180 g/mol. The van der Waals surface area contributed by atoms with Gasteiger partial charge < -0.3 is 15.0 Å². The van der Waals surface area contributed by atoms with Gasteiger partial charge in [0, 0.05) is 18.0 Å². The molecule has 74 valence electrons. The molecule has 1 heterocycles. The van der Waals surface area contributed by atoms with Gasteiger partial charge in [-0.1, -0.05) is 5.16 Å². The molecule has 0 saturated carbocycles. The molecule has 0 spiro atoms. The van der Waals surface area contributed by atoms with Crippen LogP contribution >= 0.6 is 0 Å². The van der Waals surface area contributed by atoms with Crippen molar-refractivity contribution in [1.29, 1.82) is 0 Å². The van der Waals surface area contributed by atoms with Gasteiger partial charge in [0.05, 0.1) is 5.69 Å². The Morgan fingerprint density at radius 1 is 1.50 bits per heavy atom. The molecule has 0 bridgehead atoms. The first-order chi connectivity index (χ1) is 6.81. The number of benzene rings is 1. The number of hydrogen-bond acceptors (Lipinski definition) is 4. The Morgan fingerprint density at radius 2 is 2.36 bits per heavy atom. The maximum atomic E-state index is 5.36. The van der Waals surface area contributed by atoms with E-state index < -0.39 is 0 Å². The van der Waals surface area contributed by atoms with E-state index in [1.54, 1.807) is 0 Å². The zero-order valence-electron chi connectivity index (χ0n) is 7.99. The molecule has 0 aliphatic heterocycles. The summed E-state index contributed by atoms with van der Waals surface area (Å²) in [7, 11) is 0. The summed E-state index contributed by atoms with van der Waals surface area (Å²) < 4.78 is 10.5. The zero-order chi connectivity index (χ0) is 9.97. The van der Waals surface area contributed by atoms with Gasteiger partial charge in [0.25, 0.3) is 0 Å². The molecule has 1 aromatic carbocycles. The lowest BCUT2D eigenvalue weighted by molar-refractivity contribution is 0.328. The van der Waals surface area contributed by atoms with Crippen molar-refractivity contribution in [2.75, 3.05) is 13.2 Å². The van der Waals surface area contributed by atoms with Crippen molar-refractivity contribution in [2.24, 2.45) is 5.73 Å². The molecule has 2 rings (SSSR count). The molecule has 4 heteroatoms. The van der Waals surface area contributed by atoms with E-state index in [2.05, 4.69) is 5.16 Å². The van der Waals surface area contributed by atoms with Gasteiger partial charge in [0.15, 0.2) is 5.58 Å². The van der Waals surface area contributed by atoms with Crippen LogP contribution in [0.3, 0.4) is 0 Å². The summed E-state index contributed by atoms with van der Waals surface area (Å²) in [6, 6.07) is 5.65. The van der Waals surface area contributed by atoms with E-state index in [1.807, 2.05) is 25.1 Å². The Kier molecular flexibility index (Phi) is 2.37. The summed E-state index contributed by atoms with van der Waals surface area (Å²) in [4.78, 5) is 0. The summed E-state index contributed by atoms with van der Waals surface area (Å²) in [6.45, 7) is 2.93. The minimum Gasteiger partial charge on any atom is -0.492 e. The monoisotopic (exact) mass is 192 g/mol. The summed E-state index contributed by atoms with van der Waals surface area (Å²) in [5.41, 5.74) is 6.97. The Hall–Kier alpha value is -1.55. The van der Waals surface area contributed by atoms with Crippen LogP contribution in [0, 0.1) is 6.92 Å². The summed E-state index contributed by atoms with van der Waals surface area (Å²) >= 11 is 0. The molecule has 0 saturated heterocycles. The molecule has 14 heavy (non-hydrogen) atoms. The topological polar surface area (TPSA) is 61.3 Å². The minimum atomic E-state index is 0.507. The quantitative estimate of drug-likeness (QED) is 0.800. The number of fused-ring (bicyclic) bond motifs is 1. The van der Waals surface area contributed by atoms with E-state index in [1.165, 1.54) is 0 Å². The molecule has 0 atom stereocenters. The van der Waals surface area contributed by atoms with Crippen molar-refractivity contribution in [1.82, 2.24) is 5.16 Å². The summed E-state index contributed by atoms with van der Waals surface area (Å²) in [6.07, 6.45) is 0. The summed E-state index contributed by atoms with van der Waals surface area (Å²) in [5, 5.41) is 4.88. The highest BCUT2D eigenvalue weighted by Gasteiger charge is 2.04. The SMILES string of the molecule is Cc1noc2cc(OCCN)ccc12. The highest BCUT2D eigenvalue weighted by molar-refractivity contribution is 5.80. The predicted octanol–water partition coefficient (Wildman–Crippen LogP) is 1.47. The van der Waals surface area contributed by atoms with Crippen LogP contribution in [0.15, 0.2) is 22.7 Å². The van der Waals surface area contributed by atoms with Gasteiger partial charge in [-0.15, -0.1) is 0 Å². The van der Waals surface area contributed by atoms with Crippen LogP contribution in [-0.4, -0.2) is 18.3 Å². The van der Waals surface area contributed by atoms with Gasteiger partial charge in [0.2, 0.25) is 0 Å². The second-order valence-corrected chi connectivity index (χ2v) is 3.06. The van der Waals surface area contributed by atoms with Crippen LogP contribution < -0.4 is 10.5 Å². The maximum Gasteiger partial charge on any atom is 0.170 e. The van der Waals surface area contributed by atoms with Gasteiger partial charge >= 0.3 is 0 Å². The molecular formula is C10H12N2O2. The predicted molar refractivity (Wildman–Crippen MR) is 53.3 cm³/mol. The Balaban J connectivity index is 2.32. The van der Waals surface area contributed by atoms with Crippen LogP contribution in [0.2, 0.25) is 0 Å². The number of nitrogens with zero attached hydrogens (tertiary/aromatic N) is 1. The summed E-state index contributed by atoms with van der Waals surface area (Å²) in [5.74, 6) is 0.763. The first-order valence-corrected chi connectivity index (χ1v) is 4.50. The van der Waals surface area contributed by atoms with Crippen LogP contribution in [0.25, 0.3) is 11.0 Å². The molecule has 2 aromatic rings. The molecule has 1 aromatic heterocycles. The molecule has 0 aliphatic carbocycles. The minimum absolute atomic E-state index is 0.507. The fourth-order valence-corrected chi connectivity index (χ4v) is 1.31. The van der Waals surface area contributed by atoms with Gasteiger partial charge in [-0.2, -0.15) is 0 Å². The first-order valence-electron chi connectivity index (χ1n) is 4.50. The fraction of sp³-hybridized carbons (Fsp3) is 0.300. The van der Waals surface area contributed by atoms with E-state index >= 15 is 0 Å². The average molecular weight is 192 g/mol. The fourth-order valence-electron chi connectivity index (χ4n) is 1.31. The van der Waals surface area contributed by atoms with Crippen molar-refractivity contribution in [3.8, 4) is 5.75 Å². The van der Waals surface area contributed by atoms with Gasteiger partial charge in [0.1, 0.15) is 12.4 Å². The first kappa shape index (κ1) is 9.02. The van der Waals surface area contributed by atoms with E-state index in [9.17, 15) is 0 Å². The number of rotatable bonds is 3. The largest absolute Gasteiger partial charge is 0.492 e. The Bertz CT molecular complexity index is 437. The molecule has 0 aliphatic rings.